The van der Waals surface area contributed by atoms with Crippen LogP contribution in [0.3, 0.4) is 0 Å². The number of anilines is 1. The molecule has 1 aliphatic rings. The van der Waals surface area contributed by atoms with E-state index in [-0.39, 0.29) is 0 Å². The van der Waals surface area contributed by atoms with E-state index in [0.29, 0.717) is 36.9 Å². The minimum absolute atomic E-state index is 0.449. The molecule has 108 valence electrons. The molecule has 3 rings (SSSR count). The van der Waals surface area contributed by atoms with Gasteiger partial charge in [0, 0.05) is 25.8 Å². The van der Waals surface area contributed by atoms with Crippen molar-refractivity contribution >= 4 is 27.6 Å². The Morgan fingerprint density at radius 1 is 1.35 bits per heavy atom. The molecular formula is C12H16N4O3S. The molecule has 0 spiro atoms. The third-order valence-electron chi connectivity index (χ3n) is 3.35. The summed E-state index contributed by atoms with van der Waals surface area (Å²) in [7, 11) is -3.14. The molecule has 0 saturated carbocycles. The first-order valence-electron chi connectivity index (χ1n) is 6.46. The fraction of sp³-hybridized carbons (Fsp3) is 0.500. The maximum absolute atomic E-state index is 11.6. The molecule has 1 fully saturated rings. The quantitative estimate of drug-likeness (QED) is 0.766. The van der Waals surface area contributed by atoms with E-state index in [9.17, 15) is 8.76 Å². The number of rotatable bonds is 2. The molecule has 7 nitrogen and oxygen atoms in total. The Hall–Kier alpha value is -1.51. The van der Waals surface area contributed by atoms with Gasteiger partial charge < -0.3 is 13.9 Å². The average Bonchev–Trinajstić information content (AvgIpc) is 2.65. The molecule has 0 aliphatic carbocycles. The summed E-state index contributed by atoms with van der Waals surface area (Å²) in [5.41, 5.74) is 1.22. The zero-order chi connectivity index (χ0) is 14.2. The summed E-state index contributed by atoms with van der Waals surface area (Å²) in [6.07, 6.45) is 3.66. The van der Waals surface area contributed by atoms with Gasteiger partial charge in [-0.2, -0.15) is 4.98 Å². The van der Waals surface area contributed by atoms with Crippen molar-refractivity contribution in [3.8, 4) is 0 Å². The van der Waals surface area contributed by atoms with Crippen LogP contribution in [0.1, 0.15) is 6.42 Å². The van der Waals surface area contributed by atoms with E-state index in [4.69, 9.17) is 4.42 Å². The van der Waals surface area contributed by atoms with E-state index in [1.165, 1.54) is 10.6 Å². The van der Waals surface area contributed by atoms with Crippen molar-refractivity contribution < 1.29 is 13.2 Å². The number of aromatic nitrogens is 2. The fourth-order valence-electron chi connectivity index (χ4n) is 2.31. The Balaban J connectivity index is 1.79. The third-order valence-corrected chi connectivity index (χ3v) is 4.65. The second-order valence-corrected chi connectivity index (χ2v) is 6.81. The van der Waals surface area contributed by atoms with Gasteiger partial charge in [-0.15, -0.1) is 4.31 Å². The molecule has 2 aromatic rings. The molecule has 2 aromatic heterocycles. The van der Waals surface area contributed by atoms with Crippen molar-refractivity contribution in [3.63, 3.8) is 0 Å². The number of fused-ring (bicyclic) bond motifs is 1. The topological polar surface area (TPSA) is 85.5 Å². The summed E-state index contributed by atoms with van der Waals surface area (Å²) in [6.45, 7) is 2.28. The highest BCUT2D eigenvalue weighted by Gasteiger charge is 2.26. The van der Waals surface area contributed by atoms with E-state index in [0.717, 1.165) is 13.0 Å². The molecule has 20 heavy (non-hydrogen) atoms. The smallest absolute Gasteiger partial charge is 0.299 e. The molecule has 0 N–H and O–H groups in total. The van der Waals surface area contributed by atoms with Crippen LogP contribution in [0.5, 0.6) is 0 Å². The zero-order valence-corrected chi connectivity index (χ0v) is 12.0. The highest BCUT2D eigenvalue weighted by Crippen LogP contribution is 2.22. The molecule has 0 radical (unpaired) electrons. The van der Waals surface area contributed by atoms with Gasteiger partial charge in [0.05, 0.1) is 6.54 Å². The normalized spacial score (nSPS) is 20.8. The van der Waals surface area contributed by atoms with E-state index >= 15 is 0 Å². The Labute approximate surface area is 118 Å². The van der Waals surface area contributed by atoms with Gasteiger partial charge in [0.15, 0.2) is 5.58 Å². The van der Waals surface area contributed by atoms with Gasteiger partial charge in [0.2, 0.25) is 5.65 Å². The Bertz CT molecular complexity index is 620. The largest absolute Gasteiger partial charge is 0.598 e. The predicted octanol–water partition coefficient (Wildman–Crippen LogP) is 0.910. The van der Waals surface area contributed by atoms with Crippen LogP contribution in [0.4, 0.5) is 6.01 Å². The van der Waals surface area contributed by atoms with Crippen molar-refractivity contribution in [2.24, 2.45) is 0 Å². The summed E-state index contributed by atoms with van der Waals surface area (Å²) in [4.78, 5) is 10.4. The standard InChI is InChI=1S/C12H16N4O3S/c1-20(17,18)16-7-3-6-15(8-9-16)12-14-11-10(19-12)4-2-5-13-11/h2,4-5H,3,6-9H2,1H3. The maximum Gasteiger partial charge on any atom is 0.299 e. The minimum atomic E-state index is -3.14. The lowest BCUT2D eigenvalue weighted by Gasteiger charge is -2.23. The summed E-state index contributed by atoms with van der Waals surface area (Å²) in [5, 5.41) is 0. The first kappa shape index (κ1) is 13.5. The van der Waals surface area contributed by atoms with E-state index < -0.39 is 10.4 Å². The summed E-state index contributed by atoms with van der Waals surface area (Å²) >= 11 is 0. The lowest BCUT2D eigenvalue weighted by atomic mass is 10.4. The monoisotopic (exact) mass is 296 g/mol. The van der Waals surface area contributed by atoms with Crippen molar-refractivity contribution in [3.05, 3.63) is 18.3 Å². The van der Waals surface area contributed by atoms with Gasteiger partial charge in [0.1, 0.15) is 16.7 Å². The van der Waals surface area contributed by atoms with E-state index in [1.807, 2.05) is 11.0 Å². The number of sulfonamides is 1. The summed E-state index contributed by atoms with van der Waals surface area (Å²) in [6, 6.07) is 4.12. The molecular weight excluding hydrogens is 280 g/mol. The van der Waals surface area contributed by atoms with Gasteiger partial charge in [-0.3, -0.25) is 0 Å². The number of pyridine rings is 1. The first-order chi connectivity index (χ1) is 9.54. The Morgan fingerprint density at radius 2 is 2.20 bits per heavy atom. The summed E-state index contributed by atoms with van der Waals surface area (Å²) < 4.78 is 30.3. The van der Waals surface area contributed by atoms with Gasteiger partial charge in [-0.1, -0.05) is 4.21 Å². The zero-order valence-electron chi connectivity index (χ0n) is 11.2. The number of oxazole rings is 1. The third kappa shape index (κ3) is 2.67. The Morgan fingerprint density at radius 3 is 2.95 bits per heavy atom. The Kier molecular flexibility index (Phi) is 3.45. The first-order valence-corrected chi connectivity index (χ1v) is 8.30. The van der Waals surface area contributed by atoms with Crippen molar-refractivity contribution in [2.75, 3.05) is 37.3 Å². The van der Waals surface area contributed by atoms with Gasteiger partial charge in [-0.25, -0.2) is 4.98 Å². The van der Waals surface area contributed by atoms with Crippen LogP contribution < -0.4 is 4.90 Å². The molecule has 3 heterocycles. The molecule has 0 aromatic carbocycles. The summed E-state index contributed by atoms with van der Waals surface area (Å²) in [5.74, 6) is 0. The van der Waals surface area contributed by atoms with Crippen LogP contribution in [0, 0.1) is 0 Å². The fourth-order valence-corrected chi connectivity index (χ4v) is 3.18. The van der Waals surface area contributed by atoms with Crippen LogP contribution >= 0.6 is 0 Å². The highest BCUT2D eigenvalue weighted by atomic mass is 32.3. The molecule has 1 unspecified atom stereocenters. The maximum atomic E-state index is 11.6. The number of hydrogen-bond donors (Lipinski definition) is 0. The lowest BCUT2D eigenvalue weighted by Crippen LogP contribution is -2.38. The van der Waals surface area contributed by atoms with Crippen LogP contribution in [-0.2, 0) is 14.6 Å². The molecule has 0 bridgehead atoms. The number of nitrogens with zero attached hydrogens (tertiary/aromatic N) is 4. The minimum Gasteiger partial charge on any atom is -0.598 e. The number of hydrogen-bond acceptors (Lipinski definition) is 6. The van der Waals surface area contributed by atoms with Crippen molar-refractivity contribution in [2.45, 2.75) is 6.42 Å². The van der Waals surface area contributed by atoms with Gasteiger partial charge >= 0.3 is 0 Å². The second-order valence-electron chi connectivity index (χ2n) is 4.82. The van der Waals surface area contributed by atoms with Crippen molar-refractivity contribution in [1.82, 2.24) is 14.3 Å². The van der Waals surface area contributed by atoms with E-state index in [2.05, 4.69) is 9.97 Å². The lowest BCUT2D eigenvalue weighted by molar-refractivity contribution is 0.372. The van der Waals surface area contributed by atoms with Gasteiger partial charge in [-0.05, 0) is 18.6 Å². The molecule has 1 aliphatic heterocycles. The predicted molar refractivity (Wildman–Crippen MR) is 75.0 cm³/mol. The average molecular weight is 296 g/mol. The molecule has 0 amide bonds. The molecule has 1 saturated heterocycles. The van der Waals surface area contributed by atoms with E-state index in [1.54, 1.807) is 12.3 Å². The van der Waals surface area contributed by atoms with Crippen LogP contribution in [-0.4, -0.2) is 51.3 Å². The highest BCUT2D eigenvalue weighted by molar-refractivity contribution is 7.94. The van der Waals surface area contributed by atoms with Crippen LogP contribution in [0.15, 0.2) is 22.7 Å². The SMILES string of the molecule is C[S+](=O)([O-])N1CCCN(c2nc3ncccc3o2)CC1. The second kappa shape index (κ2) is 5.12. The van der Waals surface area contributed by atoms with Crippen LogP contribution in [0.25, 0.3) is 11.2 Å². The molecule has 8 heteroatoms. The molecule has 1 atom stereocenters. The van der Waals surface area contributed by atoms with Crippen molar-refractivity contribution in [1.29, 1.82) is 0 Å². The van der Waals surface area contributed by atoms with Gasteiger partial charge in [0.25, 0.3) is 6.01 Å². The van der Waals surface area contributed by atoms with Crippen LogP contribution in [0.2, 0.25) is 0 Å².